The Morgan fingerprint density at radius 2 is 2.29 bits per heavy atom. The first-order valence-electron chi connectivity index (χ1n) is 5.98. The molecule has 1 aromatic rings. The zero-order valence-electron chi connectivity index (χ0n) is 11.2. The van der Waals surface area contributed by atoms with Crippen molar-refractivity contribution in [2.24, 2.45) is 5.92 Å². The number of thioether (sulfide) groups is 1. The average molecular weight is 273 g/mol. The molecule has 0 aliphatic rings. The van der Waals surface area contributed by atoms with Gasteiger partial charge in [0.25, 0.3) is 0 Å². The molecule has 0 aliphatic heterocycles. The van der Waals surface area contributed by atoms with Crippen LogP contribution in [0.3, 0.4) is 0 Å². The fourth-order valence-electron chi connectivity index (χ4n) is 1.37. The number of hydrogen-bond acceptors (Lipinski definition) is 5. The quantitative estimate of drug-likeness (QED) is 0.788. The maximum Gasteiger partial charge on any atom is 0.185 e. The lowest BCUT2D eigenvalue weighted by atomic mass is 10.2. The Morgan fingerprint density at radius 1 is 1.53 bits per heavy atom. The minimum atomic E-state index is 0.692. The van der Waals surface area contributed by atoms with Gasteiger partial charge in [0.1, 0.15) is 0 Å². The molecule has 0 radical (unpaired) electrons. The molecule has 98 valence electrons. The van der Waals surface area contributed by atoms with E-state index in [1.165, 1.54) is 0 Å². The van der Waals surface area contributed by atoms with Crippen LogP contribution in [0.5, 0.6) is 0 Å². The molecule has 1 N–H and O–H groups in total. The number of aromatic nitrogens is 1. The van der Waals surface area contributed by atoms with Gasteiger partial charge >= 0.3 is 0 Å². The Labute approximate surface area is 113 Å². The SMILES string of the molecule is CSCCN(C)c1nc(CNCC(C)C)cs1. The lowest BCUT2D eigenvalue weighted by Crippen LogP contribution is -2.21. The monoisotopic (exact) mass is 273 g/mol. The van der Waals surface area contributed by atoms with Crippen molar-refractivity contribution < 1.29 is 0 Å². The Morgan fingerprint density at radius 3 is 2.94 bits per heavy atom. The zero-order chi connectivity index (χ0) is 12.7. The largest absolute Gasteiger partial charge is 0.350 e. The number of hydrogen-bond donors (Lipinski definition) is 1. The standard InChI is InChI=1S/C12H23N3S2/c1-10(2)7-13-8-11-9-17-12(14-11)15(3)5-6-16-4/h9-10,13H,5-8H2,1-4H3. The highest BCUT2D eigenvalue weighted by atomic mass is 32.2. The van der Waals surface area contributed by atoms with Crippen LogP contribution in [-0.2, 0) is 6.54 Å². The van der Waals surface area contributed by atoms with Crippen molar-refractivity contribution in [3.8, 4) is 0 Å². The van der Waals surface area contributed by atoms with Gasteiger partial charge in [0.15, 0.2) is 5.13 Å². The third-order valence-corrected chi connectivity index (χ3v) is 3.95. The first-order valence-corrected chi connectivity index (χ1v) is 8.26. The van der Waals surface area contributed by atoms with Gasteiger partial charge in [-0.15, -0.1) is 11.3 Å². The van der Waals surface area contributed by atoms with Gasteiger partial charge in [-0.2, -0.15) is 11.8 Å². The van der Waals surface area contributed by atoms with Gasteiger partial charge in [-0.25, -0.2) is 4.98 Å². The second kappa shape index (κ2) is 7.95. The second-order valence-electron chi connectivity index (χ2n) is 4.56. The van der Waals surface area contributed by atoms with Gasteiger partial charge in [0, 0.05) is 31.3 Å². The summed E-state index contributed by atoms with van der Waals surface area (Å²) in [5.41, 5.74) is 1.15. The lowest BCUT2D eigenvalue weighted by molar-refractivity contribution is 0.549. The summed E-state index contributed by atoms with van der Waals surface area (Å²) in [5.74, 6) is 1.84. The third-order valence-electron chi connectivity index (χ3n) is 2.36. The van der Waals surface area contributed by atoms with Crippen molar-refractivity contribution in [3.05, 3.63) is 11.1 Å². The highest BCUT2D eigenvalue weighted by Crippen LogP contribution is 2.19. The van der Waals surface area contributed by atoms with Gasteiger partial charge in [0.05, 0.1) is 5.69 Å². The highest BCUT2D eigenvalue weighted by Gasteiger charge is 2.06. The molecule has 1 aromatic heterocycles. The summed E-state index contributed by atoms with van der Waals surface area (Å²) in [4.78, 5) is 6.86. The van der Waals surface area contributed by atoms with Crippen molar-refractivity contribution in [3.63, 3.8) is 0 Å². The van der Waals surface area contributed by atoms with Gasteiger partial charge in [0.2, 0.25) is 0 Å². The minimum Gasteiger partial charge on any atom is -0.350 e. The molecular formula is C12H23N3S2. The average Bonchev–Trinajstić information content (AvgIpc) is 2.74. The molecule has 0 saturated carbocycles. The predicted octanol–water partition coefficient (Wildman–Crippen LogP) is 2.69. The number of rotatable bonds is 8. The lowest BCUT2D eigenvalue weighted by Gasteiger charge is -2.14. The molecule has 0 atom stereocenters. The Hall–Kier alpha value is -0.260. The molecule has 0 aromatic carbocycles. The van der Waals surface area contributed by atoms with E-state index < -0.39 is 0 Å². The van der Waals surface area contributed by atoms with Crippen LogP contribution in [0.4, 0.5) is 5.13 Å². The van der Waals surface area contributed by atoms with E-state index in [9.17, 15) is 0 Å². The van der Waals surface area contributed by atoms with E-state index in [0.29, 0.717) is 5.92 Å². The van der Waals surface area contributed by atoms with Crippen LogP contribution < -0.4 is 10.2 Å². The van der Waals surface area contributed by atoms with Crippen LogP contribution in [0.2, 0.25) is 0 Å². The molecule has 0 aliphatic carbocycles. The molecule has 0 bridgehead atoms. The van der Waals surface area contributed by atoms with Crippen LogP contribution in [0, 0.1) is 5.92 Å². The van der Waals surface area contributed by atoms with Crippen molar-refractivity contribution in [2.45, 2.75) is 20.4 Å². The summed E-state index contributed by atoms with van der Waals surface area (Å²) < 4.78 is 0. The summed E-state index contributed by atoms with van der Waals surface area (Å²) in [7, 11) is 2.11. The summed E-state index contributed by atoms with van der Waals surface area (Å²) >= 11 is 3.60. The normalized spacial score (nSPS) is 11.1. The number of nitrogens with one attached hydrogen (secondary N) is 1. The fourth-order valence-corrected chi connectivity index (χ4v) is 2.64. The first-order chi connectivity index (χ1) is 8.13. The zero-order valence-corrected chi connectivity index (χ0v) is 12.8. The van der Waals surface area contributed by atoms with E-state index >= 15 is 0 Å². The molecule has 5 heteroatoms. The van der Waals surface area contributed by atoms with Crippen LogP contribution in [-0.4, -0.2) is 37.1 Å². The van der Waals surface area contributed by atoms with E-state index in [-0.39, 0.29) is 0 Å². The topological polar surface area (TPSA) is 28.2 Å². The van der Waals surface area contributed by atoms with E-state index in [1.807, 2.05) is 11.8 Å². The van der Waals surface area contributed by atoms with Crippen LogP contribution >= 0.6 is 23.1 Å². The maximum absolute atomic E-state index is 4.63. The number of nitrogens with zero attached hydrogens (tertiary/aromatic N) is 2. The van der Waals surface area contributed by atoms with Crippen LogP contribution in [0.25, 0.3) is 0 Å². The van der Waals surface area contributed by atoms with Crippen LogP contribution in [0.1, 0.15) is 19.5 Å². The van der Waals surface area contributed by atoms with Gasteiger partial charge in [-0.05, 0) is 18.7 Å². The molecule has 3 nitrogen and oxygen atoms in total. The van der Waals surface area contributed by atoms with E-state index in [1.54, 1.807) is 11.3 Å². The highest BCUT2D eigenvalue weighted by molar-refractivity contribution is 7.98. The van der Waals surface area contributed by atoms with E-state index in [0.717, 1.165) is 36.2 Å². The predicted molar refractivity (Wildman–Crippen MR) is 80.3 cm³/mol. The van der Waals surface area contributed by atoms with Crippen molar-refractivity contribution in [1.82, 2.24) is 10.3 Å². The van der Waals surface area contributed by atoms with Gasteiger partial charge in [-0.1, -0.05) is 13.8 Å². The number of thiazole rings is 1. The summed E-state index contributed by atoms with van der Waals surface area (Å²) in [6.07, 6.45) is 2.14. The molecule has 0 amide bonds. The Kier molecular flexibility index (Phi) is 6.92. The molecule has 0 unspecified atom stereocenters. The van der Waals surface area contributed by atoms with Crippen LogP contribution in [0.15, 0.2) is 5.38 Å². The summed E-state index contributed by atoms with van der Waals surface area (Å²) in [6.45, 7) is 7.43. The maximum atomic E-state index is 4.63. The Bertz CT molecular complexity index is 312. The number of anilines is 1. The molecule has 1 heterocycles. The second-order valence-corrected chi connectivity index (χ2v) is 6.38. The molecule has 0 fully saturated rings. The first kappa shape index (κ1) is 14.8. The molecule has 0 spiro atoms. The molecule has 1 rings (SSSR count). The Balaban J connectivity index is 2.36. The van der Waals surface area contributed by atoms with E-state index in [4.69, 9.17) is 0 Å². The van der Waals surface area contributed by atoms with Gasteiger partial charge in [-0.3, -0.25) is 0 Å². The molecule has 17 heavy (non-hydrogen) atoms. The van der Waals surface area contributed by atoms with Crippen molar-refractivity contribution >= 4 is 28.2 Å². The summed E-state index contributed by atoms with van der Waals surface area (Å²) in [5, 5.41) is 6.69. The minimum absolute atomic E-state index is 0.692. The van der Waals surface area contributed by atoms with Gasteiger partial charge < -0.3 is 10.2 Å². The summed E-state index contributed by atoms with van der Waals surface area (Å²) in [6, 6.07) is 0. The smallest absolute Gasteiger partial charge is 0.185 e. The fraction of sp³-hybridized carbons (Fsp3) is 0.750. The molecule has 0 saturated heterocycles. The van der Waals surface area contributed by atoms with E-state index in [2.05, 4.69) is 47.7 Å². The third kappa shape index (κ3) is 5.75. The molecular weight excluding hydrogens is 250 g/mol. The van der Waals surface area contributed by atoms with Crippen molar-refractivity contribution in [2.75, 3.05) is 37.0 Å². The van der Waals surface area contributed by atoms with Crippen molar-refractivity contribution in [1.29, 1.82) is 0 Å².